The highest BCUT2D eigenvalue weighted by atomic mass is 16.5. The fourth-order valence-corrected chi connectivity index (χ4v) is 2.71. The van der Waals surface area contributed by atoms with Crippen molar-refractivity contribution >= 4 is 11.9 Å². The highest BCUT2D eigenvalue weighted by molar-refractivity contribution is 5.79. The van der Waals surface area contributed by atoms with Crippen molar-refractivity contribution in [2.75, 3.05) is 26.7 Å². The Morgan fingerprint density at radius 2 is 1.75 bits per heavy atom. The number of nitrogens with zero attached hydrogens (tertiary/aromatic N) is 2. The van der Waals surface area contributed by atoms with Crippen molar-refractivity contribution in [1.82, 2.24) is 10.2 Å². The molecule has 2 aromatic carbocycles. The molecule has 0 unspecified atom stereocenters. The molecule has 6 heteroatoms. The van der Waals surface area contributed by atoms with Crippen molar-refractivity contribution in [1.29, 1.82) is 0 Å². The minimum Gasteiger partial charge on any atom is -0.484 e. The molecule has 28 heavy (non-hydrogen) atoms. The first-order chi connectivity index (χ1) is 13.5. The number of hydrogen-bond acceptors (Lipinski definition) is 3. The average Bonchev–Trinajstić information content (AvgIpc) is 2.68. The Hall–Kier alpha value is -3.02. The van der Waals surface area contributed by atoms with E-state index in [4.69, 9.17) is 15.5 Å². The molecule has 0 aliphatic rings. The van der Waals surface area contributed by atoms with Crippen LogP contribution < -0.4 is 15.8 Å². The van der Waals surface area contributed by atoms with Gasteiger partial charge in [0.05, 0.1) is 0 Å². The number of guanidine groups is 1. The number of ether oxygens (including phenoxy) is 1. The smallest absolute Gasteiger partial charge is 0.255 e. The minimum absolute atomic E-state index is 0.108. The predicted molar refractivity (Wildman–Crippen MR) is 113 cm³/mol. The van der Waals surface area contributed by atoms with Crippen molar-refractivity contribution in [3.8, 4) is 5.75 Å². The molecule has 0 bridgehead atoms. The van der Waals surface area contributed by atoms with Crippen LogP contribution >= 0.6 is 0 Å². The van der Waals surface area contributed by atoms with Crippen LogP contribution in [0.3, 0.4) is 0 Å². The Balaban J connectivity index is 1.90. The number of carbonyl (C=O) groups excluding carboxylic acids is 1. The van der Waals surface area contributed by atoms with E-state index in [1.54, 1.807) is 0 Å². The summed E-state index contributed by atoms with van der Waals surface area (Å²) in [6.07, 6.45) is 0.823. The van der Waals surface area contributed by atoms with Gasteiger partial charge >= 0.3 is 0 Å². The molecule has 0 aliphatic carbocycles. The Kier molecular flexibility index (Phi) is 8.34. The summed E-state index contributed by atoms with van der Waals surface area (Å²) in [6.45, 7) is 6.36. The Morgan fingerprint density at radius 1 is 1.11 bits per heavy atom. The molecule has 0 aromatic heterocycles. The fraction of sp³-hybridized carbons (Fsp3) is 0.364. The van der Waals surface area contributed by atoms with E-state index in [0.29, 0.717) is 12.3 Å². The molecule has 0 spiro atoms. The minimum atomic E-state index is -0.482. The zero-order valence-corrected chi connectivity index (χ0v) is 16.9. The second-order valence-electron chi connectivity index (χ2n) is 6.73. The normalized spacial score (nSPS) is 11.2. The third kappa shape index (κ3) is 7.31. The number of aryl methyl sites for hydroxylation is 1. The van der Waals surface area contributed by atoms with E-state index in [-0.39, 0.29) is 6.61 Å². The summed E-state index contributed by atoms with van der Waals surface area (Å²) in [5.74, 6) is 1.05. The van der Waals surface area contributed by atoms with Gasteiger partial charge in [0.25, 0.3) is 5.91 Å². The van der Waals surface area contributed by atoms with Crippen LogP contribution in [0.4, 0.5) is 0 Å². The monoisotopic (exact) mass is 382 g/mol. The second-order valence-corrected chi connectivity index (χ2v) is 6.73. The summed E-state index contributed by atoms with van der Waals surface area (Å²) in [6, 6.07) is 16.2. The lowest BCUT2D eigenvalue weighted by atomic mass is 10.1. The fourth-order valence-electron chi connectivity index (χ4n) is 2.71. The molecule has 0 aliphatic heterocycles. The van der Waals surface area contributed by atoms with Crippen LogP contribution in [0.1, 0.15) is 23.6 Å². The number of benzene rings is 2. The molecule has 0 fully saturated rings. The topological polar surface area (TPSA) is 80.0 Å². The number of rotatable bonds is 9. The molecular formula is C22H30N4O2. The summed E-state index contributed by atoms with van der Waals surface area (Å²) in [5.41, 5.74) is 8.76. The summed E-state index contributed by atoms with van der Waals surface area (Å²) < 4.78 is 5.27. The largest absolute Gasteiger partial charge is 0.484 e. The number of nitrogens with one attached hydrogen (secondary N) is 1. The van der Waals surface area contributed by atoms with E-state index in [1.807, 2.05) is 31.3 Å². The summed E-state index contributed by atoms with van der Waals surface area (Å²) in [5, 5.41) is 3.35. The lowest BCUT2D eigenvalue weighted by Crippen LogP contribution is -2.38. The zero-order valence-electron chi connectivity index (χ0n) is 16.9. The standard InChI is InChI=1S/C22H30N4O2/c1-4-24-22(26(3)15-19-7-5-17(2)6-8-19)25-14-13-18-9-11-20(12-10-18)28-16-21(23)27/h5-12H,4,13-16H2,1-3H3,(H2,23,27)(H,24,25). The quantitative estimate of drug-likeness (QED) is 0.516. The molecule has 3 N–H and O–H groups in total. The van der Waals surface area contributed by atoms with Gasteiger partial charge in [0.1, 0.15) is 5.75 Å². The van der Waals surface area contributed by atoms with Gasteiger partial charge in [-0.15, -0.1) is 0 Å². The molecule has 6 nitrogen and oxygen atoms in total. The van der Waals surface area contributed by atoms with Crippen molar-refractivity contribution in [2.24, 2.45) is 10.7 Å². The Morgan fingerprint density at radius 3 is 2.36 bits per heavy atom. The van der Waals surface area contributed by atoms with E-state index >= 15 is 0 Å². The molecule has 0 radical (unpaired) electrons. The van der Waals surface area contributed by atoms with E-state index in [9.17, 15) is 4.79 Å². The summed E-state index contributed by atoms with van der Waals surface area (Å²) in [7, 11) is 2.05. The van der Waals surface area contributed by atoms with Gasteiger partial charge in [-0.3, -0.25) is 9.79 Å². The first kappa shape index (κ1) is 21.3. The number of hydrogen-bond donors (Lipinski definition) is 2. The molecule has 2 aromatic rings. The predicted octanol–water partition coefficient (Wildman–Crippen LogP) is 2.50. The van der Waals surface area contributed by atoms with Gasteiger partial charge in [0.2, 0.25) is 0 Å². The van der Waals surface area contributed by atoms with Gasteiger partial charge in [-0.25, -0.2) is 0 Å². The van der Waals surface area contributed by atoms with Crippen molar-refractivity contribution in [3.63, 3.8) is 0 Å². The molecule has 1 amide bonds. The van der Waals surface area contributed by atoms with E-state index in [0.717, 1.165) is 31.0 Å². The SMILES string of the molecule is CCNC(=NCCc1ccc(OCC(N)=O)cc1)N(C)Cc1ccc(C)cc1. The van der Waals surface area contributed by atoms with Crippen LogP contribution in [0, 0.1) is 6.92 Å². The number of primary amides is 1. The first-order valence-corrected chi connectivity index (χ1v) is 9.53. The van der Waals surface area contributed by atoms with E-state index in [1.165, 1.54) is 11.1 Å². The lowest BCUT2D eigenvalue weighted by Gasteiger charge is -2.22. The maximum atomic E-state index is 10.8. The lowest BCUT2D eigenvalue weighted by molar-refractivity contribution is -0.119. The van der Waals surface area contributed by atoms with Gasteiger partial charge in [0, 0.05) is 26.7 Å². The number of aliphatic imine (C=N–C) groups is 1. The molecule has 150 valence electrons. The molecule has 0 heterocycles. The van der Waals surface area contributed by atoms with Gasteiger partial charge in [-0.2, -0.15) is 0 Å². The van der Waals surface area contributed by atoms with Gasteiger partial charge < -0.3 is 20.7 Å². The number of nitrogens with two attached hydrogens (primary N) is 1. The van der Waals surface area contributed by atoms with Crippen molar-refractivity contribution < 1.29 is 9.53 Å². The van der Waals surface area contributed by atoms with Gasteiger partial charge in [-0.05, 0) is 43.5 Å². The van der Waals surface area contributed by atoms with Crippen LogP contribution in [-0.4, -0.2) is 43.5 Å². The second kappa shape index (κ2) is 11.0. The number of amides is 1. The molecule has 0 saturated carbocycles. The summed E-state index contributed by atoms with van der Waals surface area (Å²) in [4.78, 5) is 17.6. The van der Waals surface area contributed by atoms with Crippen molar-refractivity contribution in [3.05, 3.63) is 65.2 Å². The van der Waals surface area contributed by atoms with Crippen LogP contribution in [0.2, 0.25) is 0 Å². The maximum absolute atomic E-state index is 10.8. The first-order valence-electron chi connectivity index (χ1n) is 9.53. The van der Waals surface area contributed by atoms with Crippen LogP contribution in [-0.2, 0) is 17.8 Å². The highest BCUT2D eigenvalue weighted by Gasteiger charge is 2.06. The Labute approximate surface area is 167 Å². The maximum Gasteiger partial charge on any atom is 0.255 e. The van der Waals surface area contributed by atoms with Crippen LogP contribution in [0.5, 0.6) is 5.75 Å². The van der Waals surface area contributed by atoms with Crippen LogP contribution in [0.15, 0.2) is 53.5 Å². The highest BCUT2D eigenvalue weighted by Crippen LogP contribution is 2.12. The summed E-state index contributed by atoms with van der Waals surface area (Å²) >= 11 is 0. The van der Waals surface area contributed by atoms with Gasteiger partial charge in [-0.1, -0.05) is 42.0 Å². The third-order valence-electron chi connectivity index (χ3n) is 4.20. The number of carbonyl (C=O) groups is 1. The van der Waals surface area contributed by atoms with E-state index in [2.05, 4.69) is 48.3 Å². The Bertz CT molecular complexity index is 770. The van der Waals surface area contributed by atoms with Gasteiger partial charge in [0.15, 0.2) is 12.6 Å². The van der Waals surface area contributed by atoms with E-state index < -0.39 is 5.91 Å². The molecular weight excluding hydrogens is 352 g/mol. The molecule has 0 atom stereocenters. The van der Waals surface area contributed by atoms with Crippen LogP contribution in [0.25, 0.3) is 0 Å². The zero-order chi connectivity index (χ0) is 20.4. The average molecular weight is 383 g/mol. The third-order valence-corrected chi connectivity index (χ3v) is 4.20. The molecule has 2 rings (SSSR count). The molecule has 0 saturated heterocycles. The van der Waals surface area contributed by atoms with Crippen molar-refractivity contribution in [2.45, 2.75) is 26.8 Å².